The molecule has 2 aromatic carbocycles. The molecule has 0 atom stereocenters. The van der Waals surface area contributed by atoms with Crippen molar-refractivity contribution in [1.29, 1.82) is 0 Å². The summed E-state index contributed by atoms with van der Waals surface area (Å²) in [6, 6.07) is 14.2. The van der Waals surface area contributed by atoms with Crippen LogP contribution in [0.2, 0.25) is 0 Å². The first-order chi connectivity index (χ1) is 15.2. The fraction of sp³-hybridized carbons (Fsp3) is 0.417. The first kappa shape index (κ1) is 23.8. The van der Waals surface area contributed by atoms with Crippen LogP contribution in [0.4, 0.5) is 18.0 Å². The van der Waals surface area contributed by atoms with E-state index in [1.165, 1.54) is 0 Å². The maximum atomic E-state index is 12.7. The molecule has 0 unspecified atom stereocenters. The van der Waals surface area contributed by atoms with Crippen LogP contribution >= 0.6 is 0 Å². The number of rotatable bonds is 7. The molecule has 0 radical (unpaired) electrons. The summed E-state index contributed by atoms with van der Waals surface area (Å²) >= 11 is 0. The largest absolute Gasteiger partial charge is 0.411 e. The quantitative estimate of drug-likeness (QED) is 0.615. The van der Waals surface area contributed by atoms with Crippen molar-refractivity contribution in [2.45, 2.75) is 39.1 Å². The number of piperidine rings is 1. The Morgan fingerprint density at radius 2 is 1.59 bits per heavy atom. The van der Waals surface area contributed by atoms with Gasteiger partial charge < -0.3 is 15.0 Å². The van der Waals surface area contributed by atoms with Gasteiger partial charge in [0.2, 0.25) is 0 Å². The molecule has 0 spiro atoms. The Kier molecular flexibility index (Phi) is 7.90. The summed E-state index contributed by atoms with van der Waals surface area (Å²) in [7, 11) is 0. The van der Waals surface area contributed by atoms with E-state index in [0.717, 1.165) is 11.1 Å². The number of urea groups is 1. The molecular formula is C24H27F3N2O3. The number of halogens is 3. The highest BCUT2D eigenvalue weighted by Crippen LogP contribution is 2.22. The van der Waals surface area contributed by atoms with Gasteiger partial charge in [-0.05, 0) is 30.9 Å². The van der Waals surface area contributed by atoms with Crippen LogP contribution in [0, 0.1) is 12.8 Å². The average Bonchev–Trinajstić information content (AvgIpc) is 2.77. The van der Waals surface area contributed by atoms with Gasteiger partial charge >= 0.3 is 12.2 Å². The summed E-state index contributed by atoms with van der Waals surface area (Å²) in [6.07, 6.45) is -3.08. The molecule has 1 N–H and O–H groups in total. The summed E-state index contributed by atoms with van der Waals surface area (Å²) in [5.74, 6) is 0.0539. The maximum Gasteiger partial charge on any atom is 0.411 e. The molecule has 1 aliphatic rings. The summed E-state index contributed by atoms with van der Waals surface area (Å²) in [5, 5.41) is 2.86. The lowest BCUT2D eigenvalue weighted by Crippen LogP contribution is -2.45. The van der Waals surface area contributed by atoms with Crippen molar-refractivity contribution in [3.63, 3.8) is 0 Å². The number of hydrogen-bond donors (Lipinski definition) is 1. The van der Waals surface area contributed by atoms with Gasteiger partial charge in [0.05, 0.1) is 6.61 Å². The lowest BCUT2D eigenvalue weighted by Gasteiger charge is -2.31. The lowest BCUT2D eigenvalue weighted by atomic mass is 9.89. The smallest absolute Gasteiger partial charge is 0.367 e. The maximum absolute atomic E-state index is 12.7. The van der Waals surface area contributed by atoms with Gasteiger partial charge in [-0.15, -0.1) is 0 Å². The third-order valence-electron chi connectivity index (χ3n) is 5.49. The van der Waals surface area contributed by atoms with Crippen LogP contribution in [0.15, 0.2) is 48.5 Å². The van der Waals surface area contributed by atoms with E-state index in [4.69, 9.17) is 0 Å². The lowest BCUT2D eigenvalue weighted by molar-refractivity contribution is -0.176. The van der Waals surface area contributed by atoms with E-state index in [2.05, 4.69) is 10.1 Å². The van der Waals surface area contributed by atoms with Crippen molar-refractivity contribution in [2.24, 2.45) is 5.92 Å². The number of ether oxygens (including phenoxy) is 1. The zero-order chi connectivity index (χ0) is 23.1. The molecule has 0 saturated carbocycles. The first-order valence-electron chi connectivity index (χ1n) is 10.6. The Morgan fingerprint density at radius 1 is 1.00 bits per heavy atom. The van der Waals surface area contributed by atoms with Gasteiger partial charge in [0, 0.05) is 31.1 Å². The molecule has 1 fully saturated rings. The molecule has 1 heterocycles. The Labute approximate surface area is 185 Å². The Bertz CT molecular complexity index is 904. The van der Waals surface area contributed by atoms with E-state index in [-0.39, 0.29) is 24.3 Å². The molecule has 5 nitrogen and oxygen atoms in total. The molecule has 32 heavy (non-hydrogen) atoms. The third kappa shape index (κ3) is 7.09. The minimum atomic E-state index is -4.34. The van der Waals surface area contributed by atoms with Crippen molar-refractivity contribution < 1.29 is 27.5 Å². The van der Waals surface area contributed by atoms with E-state index >= 15 is 0 Å². The zero-order valence-corrected chi connectivity index (χ0v) is 18.0. The molecule has 0 bridgehead atoms. The Hall–Kier alpha value is -2.87. The number of Topliss-reactive ketones (excluding diaryl/α,β-unsaturated/α-hetero) is 1. The fourth-order valence-electron chi connectivity index (χ4n) is 3.63. The molecule has 1 aliphatic heterocycles. The van der Waals surface area contributed by atoms with Gasteiger partial charge in [-0.3, -0.25) is 4.79 Å². The summed E-state index contributed by atoms with van der Waals surface area (Å²) in [4.78, 5) is 26.8. The Morgan fingerprint density at radius 3 is 2.19 bits per heavy atom. The molecule has 2 aromatic rings. The number of nitrogens with one attached hydrogen (secondary N) is 1. The van der Waals surface area contributed by atoms with Crippen LogP contribution in [-0.2, 0) is 17.9 Å². The average molecular weight is 448 g/mol. The van der Waals surface area contributed by atoms with Crippen LogP contribution in [0.3, 0.4) is 0 Å². The second-order valence-electron chi connectivity index (χ2n) is 8.07. The topological polar surface area (TPSA) is 58.6 Å². The predicted octanol–water partition coefficient (Wildman–Crippen LogP) is 4.88. The van der Waals surface area contributed by atoms with Crippen molar-refractivity contribution in [3.8, 4) is 0 Å². The minimum absolute atomic E-state index is 0.0751. The van der Waals surface area contributed by atoms with Gasteiger partial charge in [-0.2, -0.15) is 13.2 Å². The molecule has 8 heteroatoms. The number of nitrogens with zero attached hydrogens (tertiary/aromatic N) is 1. The summed E-state index contributed by atoms with van der Waals surface area (Å²) < 4.78 is 41.0. The van der Waals surface area contributed by atoms with E-state index < -0.39 is 12.8 Å². The first-order valence-corrected chi connectivity index (χ1v) is 10.6. The molecule has 3 rings (SSSR count). The molecule has 0 aliphatic carbocycles. The second-order valence-corrected chi connectivity index (χ2v) is 8.07. The van der Waals surface area contributed by atoms with Gasteiger partial charge in [-0.25, -0.2) is 4.79 Å². The van der Waals surface area contributed by atoms with Crippen molar-refractivity contribution in [1.82, 2.24) is 10.2 Å². The van der Waals surface area contributed by atoms with Crippen LogP contribution in [-0.4, -0.2) is 42.6 Å². The highest BCUT2D eigenvalue weighted by atomic mass is 19.4. The standard InChI is InChI=1S/C24H27F3N2O3/c1-17-2-8-20(9-3-17)22(30)21-10-12-29(13-11-21)23(31)28-14-18-4-6-19(7-5-18)15-32-16-24(25,26)27/h2-9,21H,10-16H2,1H3,(H,28,31). The summed E-state index contributed by atoms with van der Waals surface area (Å²) in [5.41, 5.74) is 3.29. The van der Waals surface area contributed by atoms with Gasteiger partial charge in [0.25, 0.3) is 0 Å². The van der Waals surface area contributed by atoms with Crippen LogP contribution in [0.5, 0.6) is 0 Å². The molecule has 2 amide bonds. The van der Waals surface area contributed by atoms with Crippen molar-refractivity contribution in [2.75, 3.05) is 19.7 Å². The van der Waals surface area contributed by atoms with Gasteiger partial charge in [0.15, 0.2) is 5.78 Å². The number of hydrogen-bond acceptors (Lipinski definition) is 3. The predicted molar refractivity (Wildman–Crippen MR) is 114 cm³/mol. The van der Waals surface area contributed by atoms with E-state index in [9.17, 15) is 22.8 Å². The third-order valence-corrected chi connectivity index (χ3v) is 5.49. The second kappa shape index (κ2) is 10.6. The summed E-state index contributed by atoms with van der Waals surface area (Å²) in [6.45, 7) is 1.92. The van der Waals surface area contributed by atoms with Gasteiger partial charge in [-0.1, -0.05) is 54.1 Å². The highest BCUT2D eigenvalue weighted by molar-refractivity contribution is 5.98. The van der Waals surface area contributed by atoms with E-state index in [1.807, 2.05) is 31.2 Å². The number of alkyl halides is 3. The number of benzene rings is 2. The van der Waals surface area contributed by atoms with Crippen LogP contribution in [0.25, 0.3) is 0 Å². The number of aryl methyl sites for hydroxylation is 1. The fourth-order valence-corrected chi connectivity index (χ4v) is 3.63. The number of amides is 2. The van der Waals surface area contributed by atoms with E-state index in [1.54, 1.807) is 29.2 Å². The number of carbonyl (C=O) groups is 2. The van der Waals surface area contributed by atoms with Crippen molar-refractivity contribution >= 4 is 11.8 Å². The normalized spacial score (nSPS) is 14.9. The van der Waals surface area contributed by atoms with Crippen LogP contribution < -0.4 is 5.32 Å². The minimum Gasteiger partial charge on any atom is -0.367 e. The Balaban J connectivity index is 1.40. The highest BCUT2D eigenvalue weighted by Gasteiger charge is 2.28. The number of ketones is 1. The molecule has 172 valence electrons. The number of likely N-dealkylation sites (tertiary alicyclic amines) is 1. The molecular weight excluding hydrogens is 421 g/mol. The SMILES string of the molecule is Cc1ccc(C(=O)C2CCN(C(=O)NCc3ccc(COCC(F)(F)F)cc3)CC2)cc1. The van der Waals surface area contributed by atoms with Gasteiger partial charge in [0.1, 0.15) is 6.61 Å². The molecule has 0 aromatic heterocycles. The number of carbonyl (C=O) groups excluding carboxylic acids is 2. The van der Waals surface area contributed by atoms with Crippen molar-refractivity contribution in [3.05, 3.63) is 70.8 Å². The monoisotopic (exact) mass is 448 g/mol. The molecule has 1 saturated heterocycles. The van der Waals surface area contributed by atoms with Crippen LogP contribution in [0.1, 0.15) is 39.9 Å². The zero-order valence-electron chi connectivity index (χ0n) is 18.0. The van der Waals surface area contributed by atoms with E-state index in [0.29, 0.717) is 43.6 Å².